The number of carbonyl (C=O) groups excluding carboxylic acids is 2. The van der Waals surface area contributed by atoms with Crippen molar-refractivity contribution in [3.8, 4) is 0 Å². The van der Waals surface area contributed by atoms with Gasteiger partial charge in [-0.1, -0.05) is 64.8 Å². The van der Waals surface area contributed by atoms with Gasteiger partial charge in [0.25, 0.3) is 0 Å². The van der Waals surface area contributed by atoms with Crippen LogP contribution in [0, 0.1) is 11.8 Å². The second kappa shape index (κ2) is 9.02. The van der Waals surface area contributed by atoms with Crippen molar-refractivity contribution in [3.63, 3.8) is 0 Å². The highest BCUT2D eigenvalue weighted by Crippen LogP contribution is 2.25. The second-order valence-corrected chi connectivity index (χ2v) is 7.81. The van der Waals surface area contributed by atoms with Gasteiger partial charge in [-0.05, 0) is 35.8 Å². The molecular formula is C21H32N2O2. The number of benzene rings is 1. The Bertz CT molecular complexity index is 572. The summed E-state index contributed by atoms with van der Waals surface area (Å²) in [6, 6.07) is 8.40. The summed E-state index contributed by atoms with van der Waals surface area (Å²) in [6.45, 7) is 8.59. The molecule has 1 fully saturated rings. The molecule has 0 saturated heterocycles. The van der Waals surface area contributed by atoms with Crippen LogP contribution in [-0.2, 0) is 9.59 Å². The van der Waals surface area contributed by atoms with Crippen molar-refractivity contribution in [3.05, 3.63) is 35.4 Å². The summed E-state index contributed by atoms with van der Waals surface area (Å²) in [5.74, 6) is 0.761. The van der Waals surface area contributed by atoms with Crippen LogP contribution in [-0.4, -0.2) is 18.4 Å². The van der Waals surface area contributed by atoms with Crippen molar-refractivity contribution in [2.24, 2.45) is 11.8 Å². The fraction of sp³-hybridized carbons (Fsp3) is 0.619. The van der Waals surface area contributed by atoms with Gasteiger partial charge in [0.2, 0.25) is 11.8 Å². The molecule has 2 rings (SSSR count). The first-order chi connectivity index (χ1) is 11.9. The van der Waals surface area contributed by atoms with Crippen molar-refractivity contribution in [2.45, 2.75) is 65.3 Å². The molecule has 1 aliphatic carbocycles. The summed E-state index contributed by atoms with van der Waals surface area (Å²) in [5.41, 5.74) is 2.40. The van der Waals surface area contributed by atoms with Gasteiger partial charge >= 0.3 is 0 Å². The maximum Gasteiger partial charge on any atom is 0.239 e. The molecule has 0 spiro atoms. The van der Waals surface area contributed by atoms with Crippen LogP contribution in [0.3, 0.4) is 0 Å². The maximum atomic E-state index is 12.3. The third-order valence-corrected chi connectivity index (χ3v) is 5.09. The summed E-state index contributed by atoms with van der Waals surface area (Å²) < 4.78 is 0. The first-order valence-corrected chi connectivity index (χ1v) is 9.55. The average molecular weight is 344 g/mol. The smallest absolute Gasteiger partial charge is 0.239 e. The van der Waals surface area contributed by atoms with Gasteiger partial charge in [-0.2, -0.15) is 0 Å². The van der Waals surface area contributed by atoms with E-state index in [1.807, 2.05) is 0 Å². The summed E-state index contributed by atoms with van der Waals surface area (Å²) in [4.78, 5) is 24.3. The van der Waals surface area contributed by atoms with E-state index >= 15 is 0 Å². The zero-order valence-corrected chi connectivity index (χ0v) is 16.0. The molecule has 1 saturated carbocycles. The quantitative estimate of drug-likeness (QED) is 0.787. The fourth-order valence-corrected chi connectivity index (χ4v) is 3.45. The van der Waals surface area contributed by atoms with Crippen LogP contribution < -0.4 is 10.6 Å². The standard InChI is InChI=1S/C21H32N2O2/c1-14(2)16-9-11-17(12-10-16)20(15(3)4)23-19(24)13-22-21(25)18-7-5-6-8-18/h9-12,14-15,18,20H,5-8,13H2,1-4H3,(H,22,25)(H,23,24). The van der Waals surface area contributed by atoms with E-state index < -0.39 is 0 Å². The van der Waals surface area contributed by atoms with Gasteiger partial charge in [0.15, 0.2) is 0 Å². The first kappa shape index (κ1) is 19.5. The Morgan fingerprint density at radius 3 is 2.08 bits per heavy atom. The van der Waals surface area contributed by atoms with Crippen molar-refractivity contribution >= 4 is 11.8 Å². The maximum absolute atomic E-state index is 12.3. The van der Waals surface area contributed by atoms with Gasteiger partial charge in [0.1, 0.15) is 0 Å². The molecule has 2 N–H and O–H groups in total. The molecule has 2 amide bonds. The molecule has 1 unspecified atom stereocenters. The highest BCUT2D eigenvalue weighted by Gasteiger charge is 2.23. The van der Waals surface area contributed by atoms with E-state index in [9.17, 15) is 9.59 Å². The van der Waals surface area contributed by atoms with E-state index in [0.717, 1.165) is 31.2 Å². The van der Waals surface area contributed by atoms with Crippen LogP contribution in [0.15, 0.2) is 24.3 Å². The summed E-state index contributed by atoms with van der Waals surface area (Å²) in [7, 11) is 0. The molecule has 0 aliphatic heterocycles. The molecule has 1 aromatic rings. The van der Waals surface area contributed by atoms with Gasteiger partial charge in [-0.15, -0.1) is 0 Å². The summed E-state index contributed by atoms with van der Waals surface area (Å²) in [6.07, 6.45) is 4.13. The lowest BCUT2D eigenvalue weighted by molar-refractivity contribution is -0.128. The Kier molecular flexibility index (Phi) is 7.03. The highest BCUT2D eigenvalue weighted by molar-refractivity contribution is 5.86. The normalized spacial score (nSPS) is 16.2. The molecule has 4 heteroatoms. The SMILES string of the molecule is CC(C)c1ccc(C(NC(=O)CNC(=O)C2CCCC2)C(C)C)cc1. The highest BCUT2D eigenvalue weighted by atomic mass is 16.2. The largest absolute Gasteiger partial charge is 0.348 e. The number of hydrogen-bond donors (Lipinski definition) is 2. The third-order valence-electron chi connectivity index (χ3n) is 5.09. The number of nitrogens with one attached hydrogen (secondary N) is 2. The van der Waals surface area contributed by atoms with Crippen molar-refractivity contribution < 1.29 is 9.59 Å². The van der Waals surface area contributed by atoms with Crippen LogP contribution in [0.5, 0.6) is 0 Å². The summed E-state index contributed by atoms with van der Waals surface area (Å²) in [5, 5.41) is 5.87. The summed E-state index contributed by atoms with van der Waals surface area (Å²) >= 11 is 0. The van der Waals surface area contributed by atoms with Gasteiger partial charge in [-0.3, -0.25) is 9.59 Å². The Hall–Kier alpha value is -1.84. The lowest BCUT2D eigenvalue weighted by Crippen LogP contribution is -2.41. The second-order valence-electron chi connectivity index (χ2n) is 7.81. The van der Waals surface area contributed by atoms with E-state index in [2.05, 4.69) is 62.6 Å². The predicted molar refractivity (Wildman–Crippen MR) is 101 cm³/mol. The molecule has 0 heterocycles. The topological polar surface area (TPSA) is 58.2 Å². The van der Waals surface area contributed by atoms with E-state index in [1.165, 1.54) is 5.56 Å². The zero-order chi connectivity index (χ0) is 18.4. The van der Waals surface area contributed by atoms with E-state index in [0.29, 0.717) is 5.92 Å². The predicted octanol–water partition coefficient (Wildman–Crippen LogP) is 3.93. The van der Waals surface area contributed by atoms with Gasteiger partial charge in [0, 0.05) is 5.92 Å². The molecule has 0 radical (unpaired) electrons. The number of carbonyl (C=O) groups is 2. The number of hydrogen-bond acceptors (Lipinski definition) is 2. The minimum atomic E-state index is -0.127. The van der Waals surface area contributed by atoms with Gasteiger partial charge < -0.3 is 10.6 Å². The van der Waals surface area contributed by atoms with Crippen LogP contribution >= 0.6 is 0 Å². The van der Waals surface area contributed by atoms with E-state index in [4.69, 9.17) is 0 Å². The average Bonchev–Trinajstić information content (AvgIpc) is 3.12. The monoisotopic (exact) mass is 344 g/mol. The van der Waals surface area contributed by atoms with E-state index in [-0.39, 0.29) is 36.2 Å². The lowest BCUT2D eigenvalue weighted by Gasteiger charge is -2.24. The van der Waals surface area contributed by atoms with Crippen molar-refractivity contribution in [2.75, 3.05) is 6.54 Å². The molecule has 4 nitrogen and oxygen atoms in total. The van der Waals surface area contributed by atoms with E-state index in [1.54, 1.807) is 0 Å². The minimum absolute atomic E-state index is 0.0232. The zero-order valence-electron chi connectivity index (χ0n) is 16.0. The van der Waals surface area contributed by atoms with Crippen LogP contribution in [0.2, 0.25) is 0 Å². The molecule has 138 valence electrons. The molecule has 25 heavy (non-hydrogen) atoms. The number of amides is 2. The first-order valence-electron chi connectivity index (χ1n) is 9.55. The minimum Gasteiger partial charge on any atom is -0.348 e. The van der Waals surface area contributed by atoms with Crippen LogP contribution in [0.4, 0.5) is 0 Å². The Morgan fingerprint density at radius 2 is 1.56 bits per heavy atom. The molecule has 0 aromatic heterocycles. The van der Waals surface area contributed by atoms with Crippen LogP contribution in [0.1, 0.15) is 76.5 Å². The van der Waals surface area contributed by atoms with Crippen LogP contribution in [0.25, 0.3) is 0 Å². The lowest BCUT2D eigenvalue weighted by atomic mass is 9.93. The number of rotatable bonds is 7. The molecule has 1 atom stereocenters. The Labute approximate surface area is 151 Å². The fourth-order valence-electron chi connectivity index (χ4n) is 3.45. The molecule has 1 aliphatic rings. The molecule has 1 aromatic carbocycles. The Balaban J connectivity index is 1.91. The molecular weight excluding hydrogens is 312 g/mol. The van der Waals surface area contributed by atoms with Crippen molar-refractivity contribution in [1.82, 2.24) is 10.6 Å². The Morgan fingerprint density at radius 1 is 1.00 bits per heavy atom. The van der Waals surface area contributed by atoms with Crippen molar-refractivity contribution in [1.29, 1.82) is 0 Å². The molecule has 0 bridgehead atoms. The van der Waals surface area contributed by atoms with Gasteiger partial charge in [0.05, 0.1) is 12.6 Å². The third kappa shape index (κ3) is 5.58. The van der Waals surface area contributed by atoms with Gasteiger partial charge in [-0.25, -0.2) is 0 Å².